The zero-order valence-electron chi connectivity index (χ0n) is 13.0. The quantitative estimate of drug-likeness (QED) is 0.935. The summed E-state index contributed by atoms with van der Waals surface area (Å²) in [4.78, 5) is 18.5. The molecule has 0 fully saturated rings. The van der Waals surface area contributed by atoms with Gasteiger partial charge in [-0.1, -0.05) is 12.1 Å². The predicted octanol–water partition coefficient (Wildman–Crippen LogP) is 3.41. The largest absolute Gasteiger partial charge is 0.370 e. The number of nitrogens with zero attached hydrogens (tertiary/aromatic N) is 2. The van der Waals surface area contributed by atoms with Crippen molar-refractivity contribution in [1.82, 2.24) is 4.98 Å². The van der Waals surface area contributed by atoms with Crippen LogP contribution in [-0.2, 0) is 0 Å². The molecule has 4 nitrogen and oxygen atoms in total. The number of carbonyl (C=O) groups is 1. The van der Waals surface area contributed by atoms with Crippen LogP contribution in [0.1, 0.15) is 28.5 Å². The Balaban J connectivity index is 2.28. The topological polar surface area (TPSA) is 45.2 Å². The fraction of sp³-hybridized carbons (Fsp3) is 0.294. The molecular weight excluding hydrogens is 262 g/mol. The molecule has 0 atom stereocenters. The van der Waals surface area contributed by atoms with Crippen LogP contribution in [-0.4, -0.2) is 24.5 Å². The Morgan fingerprint density at radius 3 is 2.48 bits per heavy atom. The minimum Gasteiger partial charge on any atom is -0.370 e. The third kappa shape index (κ3) is 3.60. The molecule has 0 saturated heterocycles. The lowest BCUT2D eigenvalue weighted by Gasteiger charge is -2.18. The van der Waals surface area contributed by atoms with Crippen LogP contribution < -0.4 is 10.2 Å². The summed E-state index contributed by atoms with van der Waals surface area (Å²) >= 11 is 0. The number of carbonyl (C=O) groups excluding carboxylic acids is 1. The number of hydrogen-bond donors (Lipinski definition) is 1. The van der Waals surface area contributed by atoms with Gasteiger partial charge in [-0.25, -0.2) is 4.98 Å². The highest BCUT2D eigenvalue weighted by molar-refractivity contribution is 6.04. The summed E-state index contributed by atoms with van der Waals surface area (Å²) in [7, 11) is 1.78. The molecule has 1 heterocycles. The molecule has 4 heteroatoms. The Bertz CT molecular complexity index is 632. The standard InChI is InChI=1S/C17H21N3O/c1-5-18-16-8-6-7-15(19-16)17(21)20(4)14-10-12(2)9-13(3)11-14/h6-11H,5H2,1-4H3,(H,18,19). The fourth-order valence-corrected chi connectivity index (χ4v) is 2.27. The molecule has 0 unspecified atom stereocenters. The maximum absolute atomic E-state index is 12.6. The van der Waals surface area contributed by atoms with E-state index in [-0.39, 0.29) is 5.91 Å². The Labute approximate surface area is 125 Å². The average Bonchev–Trinajstić information content (AvgIpc) is 2.45. The maximum Gasteiger partial charge on any atom is 0.276 e. The van der Waals surface area contributed by atoms with Crippen LogP contribution in [0.15, 0.2) is 36.4 Å². The number of rotatable bonds is 4. The number of aromatic nitrogens is 1. The molecule has 1 N–H and O–H groups in total. The second kappa shape index (κ2) is 6.39. The smallest absolute Gasteiger partial charge is 0.276 e. The third-order valence-electron chi connectivity index (χ3n) is 3.22. The first-order chi connectivity index (χ1) is 10.0. The highest BCUT2D eigenvalue weighted by atomic mass is 16.2. The van der Waals surface area contributed by atoms with Crippen molar-refractivity contribution in [2.24, 2.45) is 0 Å². The number of nitrogens with one attached hydrogen (secondary N) is 1. The van der Waals surface area contributed by atoms with Crippen molar-refractivity contribution in [3.8, 4) is 0 Å². The van der Waals surface area contributed by atoms with Crippen molar-refractivity contribution in [3.05, 3.63) is 53.2 Å². The normalized spacial score (nSPS) is 10.3. The molecule has 2 rings (SSSR count). The van der Waals surface area contributed by atoms with Crippen molar-refractivity contribution in [3.63, 3.8) is 0 Å². The number of hydrogen-bond acceptors (Lipinski definition) is 3. The van der Waals surface area contributed by atoms with E-state index in [4.69, 9.17) is 0 Å². The predicted molar refractivity (Wildman–Crippen MR) is 87.1 cm³/mol. The molecule has 2 aromatic rings. The Hall–Kier alpha value is -2.36. The lowest BCUT2D eigenvalue weighted by Crippen LogP contribution is -2.27. The first-order valence-electron chi connectivity index (χ1n) is 7.08. The lowest BCUT2D eigenvalue weighted by atomic mass is 10.1. The number of anilines is 2. The van der Waals surface area contributed by atoms with Gasteiger partial charge in [-0.05, 0) is 56.2 Å². The molecule has 1 aromatic heterocycles. The van der Waals surface area contributed by atoms with Crippen LogP contribution in [0.4, 0.5) is 11.5 Å². The number of amides is 1. The van der Waals surface area contributed by atoms with Crippen molar-refractivity contribution in [2.45, 2.75) is 20.8 Å². The molecule has 110 valence electrons. The van der Waals surface area contributed by atoms with Gasteiger partial charge in [-0.15, -0.1) is 0 Å². The molecular formula is C17H21N3O. The maximum atomic E-state index is 12.6. The van der Waals surface area contributed by atoms with Gasteiger partial charge >= 0.3 is 0 Å². The van der Waals surface area contributed by atoms with Crippen molar-refractivity contribution < 1.29 is 4.79 Å². The van der Waals surface area contributed by atoms with Gasteiger partial charge in [0.15, 0.2) is 0 Å². The fourth-order valence-electron chi connectivity index (χ4n) is 2.27. The summed E-state index contributed by atoms with van der Waals surface area (Å²) in [6, 6.07) is 11.5. The van der Waals surface area contributed by atoms with E-state index in [0.29, 0.717) is 5.69 Å². The van der Waals surface area contributed by atoms with E-state index in [1.54, 1.807) is 18.0 Å². The van der Waals surface area contributed by atoms with Gasteiger partial charge in [0.05, 0.1) is 0 Å². The SMILES string of the molecule is CCNc1cccc(C(=O)N(C)c2cc(C)cc(C)c2)n1. The Morgan fingerprint density at radius 2 is 1.86 bits per heavy atom. The molecule has 0 spiro atoms. The Kier molecular flexibility index (Phi) is 4.58. The van der Waals surface area contributed by atoms with Crippen molar-refractivity contribution in [2.75, 3.05) is 23.8 Å². The van der Waals surface area contributed by atoms with E-state index in [2.05, 4.69) is 16.4 Å². The summed E-state index contributed by atoms with van der Waals surface area (Å²) in [5, 5.41) is 3.12. The van der Waals surface area contributed by atoms with Gasteiger partial charge in [0.25, 0.3) is 5.91 Å². The van der Waals surface area contributed by atoms with Crippen LogP contribution in [0, 0.1) is 13.8 Å². The summed E-state index contributed by atoms with van der Waals surface area (Å²) in [5.74, 6) is 0.608. The van der Waals surface area contributed by atoms with Gasteiger partial charge in [-0.3, -0.25) is 4.79 Å². The van der Waals surface area contributed by atoms with Crippen molar-refractivity contribution >= 4 is 17.4 Å². The van der Waals surface area contributed by atoms with Crippen LogP contribution in [0.25, 0.3) is 0 Å². The molecule has 1 aromatic carbocycles. The van der Waals surface area contributed by atoms with Gasteiger partial charge in [-0.2, -0.15) is 0 Å². The summed E-state index contributed by atoms with van der Waals surface area (Å²) in [5.41, 5.74) is 3.60. The zero-order chi connectivity index (χ0) is 15.4. The highest BCUT2D eigenvalue weighted by Gasteiger charge is 2.15. The van der Waals surface area contributed by atoms with Gasteiger partial charge in [0, 0.05) is 19.3 Å². The van der Waals surface area contributed by atoms with E-state index >= 15 is 0 Å². The molecule has 0 bridgehead atoms. The molecule has 0 saturated carbocycles. The van der Waals surface area contributed by atoms with Crippen LogP contribution in [0.3, 0.4) is 0 Å². The first-order valence-corrected chi connectivity index (χ1v) is 7.08. The van der Waals surface area contributed by atoms with E-state index < -0.39 is 0 Å². The minimum atomic E-state index is -0.111. The second-order valence-electron chi connectivity index (χ2n) is 5.15. The van der Waals surface area contributed by atoms with E-state index in [1.807, 2.05) is 45.0 Å². The molecule has 0 aliphatic rings. The third-order valence-corrected chi connectivity index (χ3v) is 3.22. The molecule has 21 heavy (non-hydrogen) atoms. The molecule has 0 aliphatic carbocycles. The second-order valence-corrected chi connectivity index (χ2v) is 5.15. The number of benzene rings is 1. The average molecular weight is 283 g/mol. The van der Waals surface area contributed by atoms with Gasteiger partial charge in [0.2, 0.25) is 0 Å². The van der Waals surface area contributed by atoms with Crippen LogP contribution >= 0.6 is 0 Å². The van der Waals surface area contributed by atoms with E-state index in [0.717, 1.165) is 29.2 Å². The molecule has 0 radical (unpaired) electrons. The van der Waals surface area contributed by atoms with E-state index in [1.165, 1.54) is 0 Å². The van der Waals surface area contributed by atoms with Crippen LogP contribution in [0.5, 0.6) is 0 Å². The van der Waals surface area contributed by atoms with Crippen molar-refractivity contribution in [1.29, 1.82) is 0 Å². The Morgan fingerprint density at radius 1 is 1.19 bits per heavy atom. The highest BCUT2D eigenvalue weighted by Crippen LogP contribution is 2.19. The first kappa shape index (κ1) is 15.0. The molecule has 1 amide bonds. The van der Waals surface area contributed by atoms with E-state index in [9.17, 15) is 4.79 Å². The lowest BCUT2D eigenvalue weighted by molar-refractivity contribution is 0.0988. The number of aryl methyl sites for hydroxylation is 2. The molecule has 0 aliphatic heterocycles. The number of pyridine rings is 1. The summed E-state index contributed by atoms with van der Waals surface area (Å²) < 4.78 is 0. The minimum absolute atomic E-state index is 0.111. The monoisotopic (exact) mass is 283 g/mol. The zero-order valence-corrected chi connectivity index (χ0v) is 13.0. The summed E-state index contributed by atoms with van der Waals surface area (Å²) in [6.45, 7) is 6.83. The van der Waals surface area contributed by atoms with Crippen LogP contribution in [0.2, 0.25) is 0 Å². The van der Waals surface area contributed by atoms with Gasteiger partial charge < -0.3 is 10.2 Å². The van der Waals surface area contributed by atoms with Gasteiger partial charge in [0.1, 0.15) is 11.5 Å². The summed E-state index contributed by atoms with van der Waals surface area (Å²) in [6.07, 6.45) is 0.